The van der Waals surface area contributed by atoms with Crippen LogP contribution in [0.25, 0.3) is 0 Å². The average Bonchev–Trinajstić information content (AvgIpc) is 3.01. The van der Waals surface area contributed by atoms with E-state index in [1.54, 1.807) is 24.3 Å². The van der Waals surface area contributed by atoms with Gasteiger partial charge in [-0.2, -0.15) is 5.10 Å². The summed E-state index contributed by atoms with van der Waals surface area (Å²) in [5, 5.41) is 8.06. The van der Waals surface area contributed by atoms with E-state index >= 15 is 0 Å². The molecular formula is C35H35Cl2N3O4. The Bertz CT molecular complexity index is 1520. The third-order valence-electron chi connectivity index (χ3n) is 6.79. The number of nitrogens with one attached hydrogen (secondary N) is 2. The minimum absolute atomic E-state index is 0.197. The van der Waals surface area contributed by atoms with Crippen molar-refractivity contribution in [2.24, 2.45) is 11.0 Å². The standard InChI is InChI=1S/C35H35Cl2N3O4/c1-4-43-30-20-25(19-29(37)33(30)44-22-24-15-17-28(36)18-16-24)21-38-40-35(42)32(23(2)3)39-34(41)31(26-11-7-5-8-12-26)27-13-9-6-10-14-27/h5-21,23,31-32H,4,22H2,1-3H3,(H,39,41)(H,40,42)/b38-21-/t32-/m1/s1. The first kappa shape index (κ1) is 32.6. The first-order valence-electron chi connectivity index (χ1n) is 14.3. The van der Waals surface area contributed by atoms with Crippen LogP contribution in [0.15, 0.2) is 102 Å². The molecule has 9 heteroatoms. The highest BCUT2D eigenvalue weighted by atomic mass is 35.5. The molecule has 0 heterocycles. The second-order valence-electron chi connectivity index (χ2n) is 10.4. The van der Waals surface area contributed by atoms with E-state index in [-0.39, 0.29) is 18.4 Å². The lowest BCUT2D eigenvalue weighted by atomic mass is 9.89. The highest BCUT2D eigenvalue weighted by Gasteiger charge is 2.29. The molecule has 7 nitrogen and oxygen atoms in total. The van der Waals surface area contributed by atoms with E-state index < -0.39 is 17.9 Å². The lowest BCUT2D eigenvalue weighted by Gasteiger charge is -2.24. The first-order chi connectivity index (χ1) is 21.3. The summed E-state index contributed by atoms with van der Waals surface area (Å²) in [5.41, 5.74) is 5.75. The predicted octanol–water partition coefficient (Wildman–Crippen LogP) is 7.39. The third-order valence-corrected chi connectivity index (χ3v) is 7.32. The van der Waals surface area contributed by atoms with E-state index in [2.05, 4.69) is 15.8 Å². The fourth-order valence-electron chi connectivity index (χ4n) is 4.60. The maximum atomic E-state index is 13.6. The molecule has 0 unspecified atom stereocenters. The summed E-state index contributed by atoms with van der Waals surface area (Å²) in [7, 11) is 0. The summed E-state index contributed by atoms with van der Waals surface area (Å²) in [6, 6.07) is 28.9. The number of ether oxygens (including phenoxy) is 2. The van der Waals surface area contributed by atoms with Gasteiger partial charge < -0.3 is 14.8 Å². The Kier molecular flexibility index (Phi) is 11.8. The van der Waals surface area contributed by atoms with E-state index in [1.807, 2.05) is 93.6 Å². The summed E-state index contributed by atoms with van der Waals surface area (Å²) in [6.45, 7) is 6.26. The minimum atomic E-state index is -0.819. The van der Waals surface area contributed by atoms with Crippen molar-refractivity contribution >= 4 is 41.2 Å². The van der Waals surface area contributed by atoms with Crippen molar-refractivity contribution in [2.75, 3.05) is 6.61 Å². The van der Waals surface area contributed by atoms with Crippen molar-refractivity contribution in [3.63, 3.8) is 0 Å². The topological polar surface area (TPSA) is 89.0 Å². The predicted molar refractivity (Wildman–Crippen MR) is 176 cm³/mol. The van der Waals surface area contributed by atoms with Crippen LogP contribution in [0.1, 0.15) is 48.9 Å². The smallest absolute Gasteiger partial charge is 0.262 e. The Hall–Kier alpha value is -4.33. The number of rotatable bonds is 13. The maximum Gasteiger partial charge on any atom is 0.262 e. The van der Waals surface area contributed by atoms with Crippen LogP contribution >= 0.6 is 23.2 Å². The quantitative estimate of drug-likeness (QED) is 0.119. The summed E-state index contributed by atoms with van der Waals surface area (Å²) in [6.07, 6.45) is 1.46. The van der Waals surface area contributed by atoms with E-state index in [4.69, 9.17) is 32.7 Å². The van der Waals surface area contributed by atoms with Gasteiger partial charge in [-0.15, -0.1) is 0 Å². The van der Waals surface area contributed by atoms with Crippen LogP contribution in [0.4, 0.5) is 0 Å². The molecule has 4 aromatic carbocycles. The summed E-state index contributed by atoms with van der Waals surface area (Å²) in [5.74, 6) is -0.640. The fraction of sp³-hybridized carbons (Fsp3) is 0.229. The molecule has 0 saturated heterocycles. The molecule has 2 N–H and O–H groups in total. The van der Waals surface area contributed by atoms with Crippen molar-refractivity contribution in [1.29, 1.82) is 0 Å². The van der Waals surface area contributed by atoms with E-state index in [0.717, 1.165) is 16.7 Å². The Morgan fingerprint density at radius 3 is 2.02 bits per heavy atom. The van der Waals surface area contributed by atoms with Gasteiger partial charge in [0, 0.05) is 5.02 Å². The van der Waals surface area contributed by atoms with Gasteiger partial charge in [-0.25, -0.2) is 5.43 Å². The zero-order valence-electron chi connectivity index (χ0n) is 24.8. The molecule has 0 aromatic heterocycles. The molecule has 1 atom stereocenters. The molecule has 2 amide bonds. The lowest BCUT2D eigenvalue weighted by Crippen LogP contribution is -2.50. The molecule has 0 radical (unpaired) electrons. The second-order valence-corrected chi connectivity index (χ2v) is 11.2. The van der Waals surface area contributed by atoms with Crippen LogP contribution in [0.2, 0.25) is 10.0 Å². The van der Waals surface area contributed by atoms with E-state index in [0.29, 0.717) is 33.7 Å². The second kappa shape index (κ2) is 15.9. The highest BCUT2D eigenvalue weighted by molar-refractivity contribution is 6.32. The third kappa shape index (κ3) is 8.85. The van der Waals surface area contributed by atoms with Gasteiger partial charge in [0.25, 0.3) is 5.91 Å². The molecule has 4 aromatic rings. The van der Waals surface area contributed by atoms with Gasteiger partial charge in [0.15, 0.2) is 11.5 Å². The van der Waals surface area contributed by atoms with Crippen molar-refractivity contribution in [1.82, 2.24) is 10.7 Å². The number of nitrogens with zero attached hydrogens (tertiary/aromatic N) is 1. The number of carbonyl (C=O) groups excluding carboxylic acids is 2. The molecule has 0 saturated carbocycles. The summed E-state index contributed by atoms with van der Waals surface area (Å²) < 4.78 is 11.7. The van der Waals surface area contributed by atoms with E-state index in [9.17, 15) is 9.59 Å². The van der Waals surface area contributed by atoms with Gasteiger partial charge in [-0.3, -0.25) is 9.59 Å². The minimum Gasteiger partial charge on any atom is -0.490 e. The van der Waals surface area contributed by atoms with Crippen molar-refractivity contribution in [3.05, 3.63) is 129 Å². The maximum absolute atomic E-state index is 13.6. The molecule has 228 valence electrons. The van der Waals surface area contributed by atoms with Gasteiger partial charge in [-0.05, 0) is 59.4 Å². The van der Waals surface area contributed by atoms with Crippen LogP contribution in [0.5, 0.6) is 11.5 Å². The van der Waals surface area contributed by atoms with Crippen LogP contribution in [-0.2, 0) is 16.2 Å². The van der Waals surface area contributed by atoms with Gasteiger partial charge in [0.1, 0.15) is 12.6 Å². The first-order valence-corrected chi connectivity index (χ1v) is 15.1. The molecule has 44 heavy (non-hydrogen) atoms. The van der Waals surface area contributed by atoms with Gasteiger partial charge in [-0.1, -0.05) is 110 Å². The van der Waals surface area contributed by atoms with E-state index in [1.165, 1.54) is 6.21 Å². The number of hydrogen-bond acceptors (Lipinski definition) is 5. The van der Waals surface area contributed by atoms with Crippen LogP contribution < -0.4 is 20.2 Å². The molecular weight excluding hydrogens is 597 g/mol. The molecule has 0 bridgehead atoms. The lowest BCUT2D eigenvalue weighted by molar-refractivity contribution is -0.130. The number of carbonyl (C=O) groups is 2. The fourth-order valence-corrected chi connectivity index (χ4v) is 5.00. The van der Waals surface area contributed by atoms with Crippen molar-refractivity contribution < 1.29 is 19.1 Å². The van der Waals surface area contributed by atoms with Crippen molar-refractivity contribution in [2.45, 2.75) is 39.3 Å². The summed E-state index contributed by atoms with van der Waals surface area (Å²) in [4.78, 5) is 26.8. The average molecular weight is 633 g/mol. The SMILES string of the molecule is CCOc1cc(/C=N\NC(=O)[C@H](NC(=O)C(c2ccccc2)c2ccccc2)C(C)C)cc(Cl)c1OCc1ccc(Cl)cc1. The number of hydrogen-bond donors (Lipinski definition) is 2. The largest absolute Gasteiger partial charge is 0.490 e. The Labute approximate surface area is 268 Å². The molecule has 0 spiro atoms. The monoisotopic (exact) mass is 631 g/mol. The summed E-state index contributed by atoms with van der Waals surface area (Å²) >= 11 is 12.5. The molecule has 0 fully saturated rings. The molecule has 4 rings (SSSR count). The number of amides is 2. The molecule has 0 aliphatic carbocycles. The number of halogens is 2. The van der Waals surface area contributed by atoms with Crippen LogP contribution in [-0.4, -0.2) is 30.7 Å². The highest BCUT2D eigenvalue weighted by Crippen LogP contribution is 2.37. The number of benzene rings is 4. The van der Waals surface area contributed by atoms with Crippen molar-refractivity contribution in [3.8, 4) is 11.5 Å². The zero-order chi connectivity index (χ0) is 31.5. The Morgan fingerprint density at radius 1 is 0.841 bits per heavy atom. The molecule has 0 aliphatic heterocycles. The van der Waals surface area contributed by atoms with Gasteiger partial charge in [0.05, 0.1) is 23.8 Å². The van der Waals surface area contributed by atoms with Crippen LogP contribution in [0.3, 0.4) is 0 Å². The Balaban J connectivity index is 1.46. The normalized spacial score (nSPS) is 11.9. The number of hydrazone groups is 1. The van der Waals surface area contributed by atoms with Gasteiger partial charge >= 0.3 is 0 Å². The van der Waals surface area contributed by atoms with Gasteiger partial charge in [0.2, 0.25) is 5.91 Å². The zero-order valence-corrected chi connectivity index (χ0v) is 26.3. The molecule has 0 aliphatic rings. The Morgan fingerprint density at radius 2 is 1.45 bits per heavy atom. The van der Waals surface area contributed by atoms with Crippen LogP contribution in [0, 0.1) is 5.92 Å².